The number of benzene rings is 2. The van der Waals surface area contributed by atoms with Gasteiger partial charge in [-0.05, 0) is 60.6 Å². The highest BCUT2D eigenvalue weighted by Gasteiger charge is 2.45. The lowest BCUT2D eigenvalue weighted by atomic mass is 9.85. The summed E-state index contributed by atoms with van der Waals surface area (Å²) < 4.78 is 0. The number of aliphatic hydroxyl groups excluding tert-OH is 1. The number of aliphatic hydroxyl groups is 1. The topological polar surface area (TPSA) is 199 Å². The summed E-state index contributed by atoms with van der Waals surface area (Å²) in [5.41, 5.74) is 6.20. The molecule has 4 aliphatic rings. The number of carbonyl (C=O) groups is 3. The highest BCUT2D eigenvalue weighted by Crippen LogP contribution is 2.39. The molecule has 4 amide bonds. The van der Waals surface area contributed by atoms with Gasteiger partial charge >= 0.3 is 6.03 Å². The van der Waals surface area contributed by atoms with Gasteiger partial charge in [0.05, 0.1) is 35.9 Å². The van der Waals surface area contributed by atoms with Crippen molar-refractivity contribution in [2.24, 2.45) is 11.3 Å². The third-order valence-electron chi connectivity index (χ3n) is 13.9. The fourth-order valence-corrected chi connectivity index (χ4v) is 10.1. The number of phenols is 1. The number of nitrogens with one attached hydrogen (secondary N) is 3. The second-order valence-corrected chi connectivity index (χ2v) is 19.5. The Kier molecular flexibility index (Phi) is 12.8. The quantitative estimate of drug-likeness (QED) is 0.126. The van der Waals surface area contributed by atoms with Crippen LogP contribution >= 0.6 is 0 Å². The van der Waals surface area contributed by atoms with Gasteiger partial charge in [0.1, 0.15) is 17.8 Å². The molecule has 0 unspecified atom stereocenters. The van der Waals surface area contributed by atoms with Crippen LogP contribution in [0.5, 0.6) is 5.75 Å². The van der Waals surface area contributed by atoms with E-state index in [9.17, 15) is 24.6 Å². The lowest BCUT2D eigenvalue weighted by Gasteiger charge is -2.39. The largest absolute Gasteiger partial charge is 0.507 e. The zero-order chi connectivity index (χ0) is 47.0. The van der Waals surface area contributed by atoms with Gasteiger partial charge in [-0.1, -0.05) is 51.0 Å². The van der Waals surface area contributed by atoms with Gasteiger partial charge in [-0.25, -0.2) is 14.8 Å². The maximum atomic E-state index is 14.2. The number of para-hydroxylation sites is 1. The molecule has 2 aromatic carbocycles. The van der Waals surface area contributed by atoms with Crippen LogP contribution in [0, 0.1) is 23.7 Å². The van der Waals surface area contributed by atoms with Crippen molar-refractivity contribution in [2.75, 3.05) is 68.7 Å². The molecule has 4 aliphatic heterocycles. The number of piperazine rings is 1. The molecule has 0 aliphatic carbocycles. The van der Waals surface area contributed by atoms with E-state index in [4.69, 9.17) is 16.4 Å². The van der Waals surface area contributed by atoms with E-state index in [2.05, 4.69) is 53.4 Å². The molecule has 3 saturated heterocycles. The van der Waals surface area contributed by atoms with E-state index >= 15 is 0 Å². The summed E-state index contributed by atoms with van der Waals surface area (Å²) in [6, 6.07) is 14.4. The molecule has 0 bridgehead atoms. The number of terminal acetylenes is 1. The number of aromatic amines is 1. The van der Waals surface area contributed by atoms with Crippen molar-refractivity contribution in [2.45, 2.75) is 77.7 Å². The number of urea groups is 1. The number of rotatable bonds is 10. The first-order valence-electron chi connectivity index (χ1n) is 23.3. The first kappa shape index (κ1) is 45.4. The Morgan fingerprint density at radius 1 is 0.970 bits per heavy atom. The average molecular weight is 909 g/mol. The molecule has 5 aromatic rings. The molecule has 0 spiro atoms. The number of carbonyl (C=O) groups excluding carboxylic acids is 3. The number of anilines is 2. The zero-order valence-corrected chi connectivity index (χ0v) is 38.7. The Morgan fingerprint density at radius 3 is 2.43 bits per heavy atom. The van der Waals surface area contributed by atoms with E-state index in [1.807, 2.05) is 63.5 Å². The third kappa shape index (κ3) is 9.59. The summed E-state index contributed by atoms with van der Waals surface area (Å²) >= 11 is 0. The number of hydrogen-bond donors (Lipinski definition) is 5. The predicted molar refractivity (Wildman–Crippen MR) is 255 cm³/mol. The molecule has 350 valence electrons. The normalized spacial score (nSPS) is 21.6. The lowest BCUT2D eigenvalue weighted by molar-refractivity contribution is -0.142. The molecule has 67 heavy (non-hydrogen) atoms. The number of likely N-dealkylation sites (tertiary alicyclic amines) is 1. The van der Waals surface area contributed by atoms with Crippen LogP contribution in [0.15, 0.2) is 67.0 Å². The van der Waals surface area contributed by atoms with Crippen LogP contribution < -0.4 is 20.4 Å². The van der Waals surface area contributed by atoms with Gasteiger partial charge < -0.3 is 45.4 Å². The van der Waals surface area contributed by atoms with E-state index in [0.29, 0.717) is 36.2 Å². The summed E-state index contributed by atoms with van der Waals surface area (Å²) in [5, 5.41) is 36.9. The summed E-state index contributed by atoms with van der Waals surface area (Å²) in [6.45, 7) is 14.1. The number of aromatic nitrogens is 5. The highest BCUT2D eigenvalue weighted by atomic mass is 16.3. The van der Waals surface area contributed by atoms with Gasteiger partial charge in [-0.3, -0.25) is 14.5 Å². The molecule has 9 rings (SSSR count). The van der Waals surface area contributed by atoms with E-state index < -0.39 is 23.6 Å². The number of β-amino-alcohol motifs (C(OH)–C–C–N with tert-alkyl or cyclic N) is 1. The van der Waals surface area contributed by atoms with Gasteiger partial charge in [0.25, 0.3) is 0 Å². The lowest BCUT2D eigenvalue weighted by Crippen LogP contribution is -2.61. The number of hydrogen-bond acceptors (Lipinski definition) is 12. The van der Waals surface area contributed by atoms with Crippen molar-refractivity contribution < 1.29 is 24.6 Å². The Balaban J connectivity index is 0.757. The molecular formula is C50H60N12O5. The number of aromatic hydroxyl groups is 1. The molecule has 7 heterocycles. The van der Waals surface area contributed by atoms with Crippen LogP contribution in [0.2, 0.25) is 0 Å². The van der Waals surface area contributed by atoms with Crippen LogP contribution in [-0.2, 0) is 22.6 Å². The van der Waals surface area contributed by atoms with Crippen LogP contribution in [0.25, 0.3) is 22.3 Å². The van der Waals surface area contributed by atoms with Gasteiger partial charge in [0.15, 0.2) is 5.65 Å². The van der Waals surface area contributed by atoms with Crippen molar-refractivity contribution in [3.63, 3.8) is 0 Å². The fourth-order valence-electron chi connectivity index (χ4n) is 10.1. The minimum Gasteiger partial charge on any atom is -0.507 e. The monoisotopic (exact) mass is 908 g/mol. The van der Waals surface area contributed by atoms with E-state index in [-0.39, 0.29) is 49.1 Å². The Morgan fingerprint density at radius 2 is 1.72 bits per heavy atom. The number of phenolic OH excluding ortho intramolecular Hbond substituents is 1. The Hall–Kier alpha value is -6.77. The molecule has 3 fully saturated rings. The number of nitrogens with zero attached hydrogens (tertiary/aromatic N) is 9. The highest BCUT2D eigenvalue weighted by molar-refractivity contribution is 5.93. The van der Waals surface area contributed by atoms with E-state index in [0.717, 1.165) is 91.2 Å². The predicted octanol–water partition coefficient (Wildman–Crippen LogP) is 4.07. The van der Waals surface area contributed by atoms with Crippen molar-refractivity contribution in [1.82, 2.24) is 50.5 Å². The minimum absolute atomic E-state index is 0.0109. The molecular weight excluding hydrogens is 849 g/mol. The Bertz CT molecular complexity index is 2650. The third-order valence-corrected chi connectivity index (χ3v) is 13.9. The Labute approximate surface area is 391 Å². The first-order valence-corrected chi connectivity index (χ1v) is 23.3. The second kappa shape index (κ2) is 18.8. The number of fused-ring (bicyclic) bond motifs is 3. The number of H-pyrrole nitrogens is 1. The molecule has 17 heteroatoms. The van der Waals surface area contributed by atoms with Crippen molar-refractivity contribution in [1.29, 1.82) is 0 Å². The average Bonchev–Trinajstić information content (AvgIpc) is 4.07. The first-order chi connectivity index (χ1) is 32.2. The maximum absolute atomic E-state index is 14.2. The number of amides is 4. The van der Waals surface area contributed by atoms with Crippen LogP contribution in [-0.4, -0.2) is 145 Å². The minimum atomic E-state index is -0.908. The summed E-state index contributed by atoms with van der Waals surface area (Å²) in [6.07, 6.45) is 10.4. The van der Waals surface area contributed by atoms with Gasteiger partial charge in [0.2, 0.25) is 17.8 Å². The molecule has 0 radical (unpaired) electrons. The van der Waals surface area contributed by atoms with Crippen molar-refractivity contribution in [3.05, 3.63) is 89.4 Å². The van der Waals surface area contributed by atoms with Crippen LogP contribution in [0.4, 0.5) is 16.4 Å². The SMILES string of the molecule is C#Cc1ccc(CNC(=O)[C@@H]2C[C@@H](O)CN2C(=O)[C@@H](NC(=O)N2CCN(C[C@H]3CCN(c4cnc(N5CCc6[nH]c7nnc(-c8ccccc8O)cc7c6[C@H]5C)nc4)C3)CC2)C(C)(C)C)cc1. The molecule has 3 aromatic heterocycles. The standard InChI is InChI=1S/C50H60N12O5/c1-6-32-11-13-33(14-12-32)25-51-46(65)41-23-36(63)30-62(41)47(66)44(50(3,4)5)55-49(67)59-21-19-58(20-22-59)28-34-15-17-60(29-34)35-26-52-48(53-27-35)61-18-16-39-43(31(61)2)38-24-40(56-57-45(38)54-39)37-9-7-8-10-42(37)64/h1,7-14,24,26-27,31,34,36,41,44,63-64H,15-23,25,28-30H2,2-5H3,(H,51,65)(H,54,57)(H,55,67)/t31-,34-,36-,41+,44-/m1/s1. The van der Waals surface area contributed by atoms with E-state index in [1.165, 1.54) is 4.90 Å². The molecule has 5 atom stereocenters. The van der Waals surface area contributed by atoms with Gasteiger partial charge in [0, 0.05) is 106 Å². The molecule has 0 saturated carbocycles. The molecule has 17 nitrogen and oxygen atoms in total. The van der Waals surface area contributed by atoms with Gasteiger partial charge in [-0.15, -0.1) is 16.6 Å². The smallest absolute Gasteiger partial charge is 0.318 e. The van der Waals surface area contributed by atoms with Crippen LogP contribution in [0.3, 0.4) is 0 Å². The summed E-state index contributed by atoms with van der Waals surface area (Å²) in [5.74, 6) is 3.12. The zero-order valence-electron chi connectivity index (χ0n) is 38.7. The fraction of sp³-hybridized carbons (Fsp3) is 0.460. The summed E-state index contributed by atoms with van der Waals surface area (Å²) in [7, 11) is 0. The molecule has 5 N–H and O–H groups in total. The second-order valence-electron chi connectivity index (χ2n) is 19.5. The summed E-state index contributed by atoms with van der Waals surface area (Å²) in [4.78, 5) is 64.7. The van der Waals surface area contributed by atoms with Crippen LogP contribution in [0.1, 0.15) is 69.0 Å². The maximum Gasteiger partial charge on any atom is 0.318 e. The van der Waals surface area contributed by atoms with E-state index in [1.54, 1.807) is 29.2 Å². The van der Waals surface area contributed by atoms with Crippen molar-refractivity contribution in [3.8, 4) is 29.4 Å². The van der Waals surface area contributed by atoms with Gasteiger partial charge in [-0.2, -0.15) is 0 Å². The van der Waals surface area contributed by atoms with Crippen molar-refractivity contribution >= 4 is 40.5 Å².